The van der Waals surface area contributed by atoms with Gasteiger partial charge in [-0.05, 0) is 50.9 Å². The molecule has 5 heteroatoms. The summed E-state index contributed by atoms with van der Waals surface area (Å²) in [5, 5.41) is 12.2. The predicted molar refractivity (Wildman–Crippen MR) is 74.3 cm³/mol. The van der Waals surface area contributed by atoms with E-state index in [1.54, 1.807) is 20.8 Å². The van der Waals surface area contributed by atoms with E-state index in [1.165, 1.54) is 0 Å². The third kappa shape index (κ3) is 2.63. The molecule has 4 atom stereocenters. The molecule has 3 aliphatic rings. The Bertz CT molecular complexity index is 424. The van der Waals surface area contributed by atoms with Crippen LogP contribution in [0.15, 0.2) is 0 Å². The number of amides is 1. The van der Waals surface area contributed by atoms with E-state index in [0.717, 1.165) is 6.42 Å². The molecule has 0 saturated heterocycles. The normalized spacial score (nSPS) is 34.9. The SMILES string of the molecule is CC(C)(C)OC(=O)N[C@H]1[C@H](C(=O)O)C[C@H]2C[C@@H]1C2(C)C. The number of carbonyl (C=O) groups is 2. The maximum absolute atomic E-state index is 11.9. The van der Waals surface area contributed by atoms with Gasteiger partial charge in [0.2, 0.25) is 0 Å². The third-order valence-electron chi connectivity index (χ3n) is 4.95. The molecule has 114 valence electrons. The van der Waals surface area contributed by atoms with Gasteiger partial charge in [0.25, 0.3) is 0 Å². The highest BCUT2D eigenvalue weighted by Crippen LogP contribution is 2.60. The summed E-state index contributed by atoms with van der Waals surface area (Å²) in [5.41, 5.74) is -0.471. The fourth-order valence-electron chi connectivity index (χ4n) is 3.70. The number of hydrogen-bond donors (Lipinski definition) is 2. The van der Waals surface area contributed by atoms with Crippen molar-refractivity contribution in [3.63, 3.8) is 0 Å². The van der Waals surface area contributed by atoms with Gasteiger partial charge in [0, 0.05) is 6.04 Å². The predicted octanol–water partition coefficient (Wildman–Crippen LogP) is 2.65. The Hall–Kier alpha value is -1.26. The van der Waals surface area contributed by atoms with Crippen LogP contribution in [0, 0.1) is 23.2 Å². The molecule has 3 saturated carbocycles. The lowest BCUT2D eigenvalue weighted by Gasteiger charge is -2.61. The molecule has 0 unspecified atom stereocenters. The molecule has 0 heterocycles. The van der Waals surface area contributed by atoms with Crippen molar-refractivity contribution in [3.8, 4) is 0 Å². The summed E-state index contributed by atoms with van der Waals surface area (Å²) in [6, 6.07) is -0.331. The van der Waals surface area contributed by atoms with Gasteiger partial charge in [0.1, 0.15) is 5.60 Å². The van der Waals surface area contributed by atoms with E-state index in [1.807, 2.05) is 0 Å². The number of carboxylic acid groups (broad SMARTS) is 1. The molecule has 0 spiro atoms. The van der Waals surface area contributed by atoms with Gasteiger partial charge in [0.05, 0.1) is 5.92 Å². The lowest BCUT2D eigenvalue weighted by molar-refractivity contribution is -0.161. The zero-order chi connectivity index (χ0) is 15.3. The Kier molecular flexibility index (Phi) is 3.51. The van der Waals surface area contributed by atoms with Gasteiger partial charge in [-0.15, -0.1) is 0 Å². The number of fused-ring (bicyclic) bond motifs is 2. The number of alkyl carbamates (subject to hydrolysis) is 1. The number of carboxylic acids is 1. The number of ether oxygens (including phenoxy) is 1. The molecule has 3 fully saturated rings. The highest BCUT2D eigenvalue weighted by molar-refractivity contribution is 5.74. The van der Waals surface area contributed by atoms with E-state index in [0.29, 0.717) is 12.3 Å². The van der Waals surface area contributed by atoms with Crippen molar-refractivity contribution in [2.45, 2.75) is 59.1 Å². The molecule has 0 aromatic rings. The fraction of sp³-hybridized carbons (Fsp3) is 0.867. The maximum Gasteiger partial charge on any atom is 0.407 e. The maximum atomic E-state index is 11.9. The molecule has 3 aliphatic carbocycles. The van der Waals surface area contributed by atoms with E-state index < -0.39 is 23.6 Å². The van der Waals surface area contributed by atoms with Crippen LogP contribution in [0.3, 0.4) is 0 Å². The lowest BCUT2D eigenvalue weighted by atomic mass is 9.45. The van der Waals surface area contributed by atoms with Crippen LogP contribution in [0.5, 0.6) is 0 Å². The van der Waals surface area contributed by atoms with Crippen LogP contribution >= 0.6 is 0 Å². The first-order valence-corrected chi connectivity index (χ1v) is 7.24. The Labute approximate surface area is 120 Å². The molecular formula is C15H25NO4. The summed E-state index contributed by atoms with van der Waals surface area (Å²) in [5.74, 6) is -0.657. The molecule has 3 rings (SSSR count). The van der Waals surface area contributed by atoms with Crippen molar-refractivity contribution in [1.82, 2.24) is 5.32 Å². The topological polar surface area (TPSA) is 75.6 Å². The van der Waals surface area contributed by atoms with Crippen LogP contribution in [0.1, 0.15) is 47.5 Å². The van der Waals surface area contributed by atoms with E-state index in [2.05, 4.69) is 19.2 Å². The molecule has 0 aromatic carbocycles. The van der Waals surface area contributed by atoms with E-state index in [-0.39, 0.29) is 17.4 Å². The van der Waals surface area contributed by atoms with Gasteiger partial charge in [-0.2, -0.15) is 0 Å². The van der Waals surface area contributed by atoms with Crippen LogP contribution in [-0.4, -0.2) is 28.8 Å². The zero-order valence-electron chi connectivity index (χ0n) is 12.9. The monoisotopic (exact) mass is 283 g/mol. The van der Waals surface area contributed by atoms with E-state index >= 15 is 0 Å². The second-order valence-corrected chi connectivity index (χ2v) is 7.71. The highest BCUT2D eigenvalue weighted by Gasteiger charge is 2.59. The minimum atomic E-state index is -0.823. The largest absolute Gasteiger partial charge is 0.481 e. The summed E-state index contributed by atoms with van der Waals surface area (Å²) in [4.78, 5) is 23.4. The highest BCUT2D eigenvalue weighted by atomic mass is 16.6. The van der Waals surface area contributed by atoms with Crippen LogP contribution in [0.4, 0.5) is 4.79 Å². The lowest BCUT2D eigenvalue weighted by Crippen LogP contribution is -2.65. The van der Waals surface area contributed by atoms with Gasteiger partial charge in [-0.3, -0.25) is 4.79 Å². The number of nitrogens with one attached hydrogen (secondary N) is 1. The molecule has 5 nitrogen and oxygen atoms in total. The molecular weight excluding hydrogens is 258 g/mol. The quantitative estimate of drug-likeness (QED) is 0.817. The zero-order valence-corrected chi connectivity index (χ0v) is 12.9. The number of carbonyl (C=O) groups excluding carboxylic acids is 1. The van der Waals surface area contributed by atoms with Crippen molar-refractivity contribution in [2.75, 3.05) is 0 Å². The summed E-state index contributed by atoms with van der Waals surface area (Å²) in [6.07, 6.45) is 1.12. The molecule has 0 aromatic heterocycles. The van der Waals surface area contributed by atoms with Crippen molar-refractivity contribution >= 4 is 12.1 Å². The number of rotatable bonds is 2. The Morgan fingerprint density at radius 1 is 1.25 bits per heavy atom. The van der Waals surface area contributed by atoms with Crippen molar-refractivity contribution in [1.29, 1.82) is 0 Å². The summed E-state index contributed by atoms with van der Waals surface area (Å²) in [7, 11) is 0. The molecule has 0 aliphatic heterocycles. The Morgan fingerprint density at radius 3 is 2.30 bits per heavy atom. The Balaban J connectivity index is 2.09. The van der Waals surface area contributed by atoms with Crippen molar-refractivity contribution in [3.05, 3.63) is 0 Å². The van der Waals surface area contributed by atoms with Gasteiger partial charge in [-0.25, -0.2) is 4.79 Å². The fourth-order valence-corrected chi connectivity index (χ4v) is 3.70. The first-order chi connectivity index (χ1) is 9.02. The van der Waals surface area contributed by atoms with Gasteiger partial charge < -0.3 is 15.2 Å². The minimum absolute atomic E-state index is 0.103. The van der Waals surface area contributed by atoms with Gasteiger partial charge >= 0.3 is 12.1 Å². The van der Waals surface area contributed by atoms with E-state index in [4.69, 9.17) is 4.74 Å². The van der Waals surface area contributed by atoms with Crippen LogP contribution < -0.4 is 5.32 Å². The Morgan fingerprint density at radius 2 is 1.85 bits per heavy atom. The number of aliphatic carboxylic acids is 1. The number of hydrogen-bond acceptors (Lipinski definition) is 3. The summed E-state index contributed by atoms with van der Waals surface area (Å²) < 4.78 is 5.26. The average Bonchev–Trinajstić information content (AvgIpc) is 2.25. The first kappa shape index (κ1) is 15.1. The molecule has 0 radical (unpaired) electrons. The molecule has 2 bridgehead atoms. The minimum Gasteiger partial charge on any atom is -0.481 e. The summed E-state index contributed by atoms with van der Waals surface area (Å²) >= 11 is 0. The second kappa shape index (κ2) is 4.64. The van der Waals surface area contributed by atoms with Crippen molar-refractivity contribution < 1.29 is 19.4 Å². The molecule has 20 heavy (non-hydrogen) atoms. The smallest absolute Gasteiger partial charge is 0.407 e. The molecule has 2 N–H and O–H groups in total. The first-order valence-electron chi connectivity index (χ1n) is 7.24. The van der Waals surface area contributed by atoms with Gasteiger partial charge in [0.15, 0.2) is 0 Å². The average molecular weight is 283 g/mol. The van der Waals surface area contributed by atoms with Gasteiger partial charge in [-0.1, -0.05) is 13.8 Å². The van der Waals surface area contributed by atoms with Crippen molar-refractivity contribution in [2.24, 2.45) is 23.2 Å². The second-order valence-electron chi connectivity index (χ2n) is 7.71. The standard InChI is InChI=1S/C15H25NO4/c1-14(2,3)20-13(19)16-11-9(12(17)18)6-8-7-10(11)15(8,4)5/h8-11H,6-7H2,1-5H3,(H,16,19)(H,17,18)/t8-,9+,10-,11-/m0/s1. The van der Waals surface area contributed by atoms with Crippen LogP contribution in [0.2, 0.25) is 0 Å². The van der Waals surface area contributed by atoms with Crippen LogP contribution in [0.25, 0.3) is 0 Å². The van der Waals surface area contributed by atoms with E-state index in [9.17, 15) is 14.7 Å². The summed E-state index contributed by atoms with van der Waals surface area (Å²) in [6.45, 7) is 9.71. The molecule has 1 amide bonds. The third-order valence-corrected chi connectivity index (χ3v) is 4.95. The van der Waals surface area contributed by atoms with Crippen LogP contribution in [-0.2, 0) is 9.53 Å².